The molecule has 24 heavy (non-hydrogen) atoms. The molecular weight excluding hydrogens is 320 g/mol. The maximum atomic E-state index is 5.84. The normalized spacial score (nSPS) is 11.5. The van der Waals surface area contributed by atoms with E-state index in [1.165, 1.54) is 0 Å². The molecule has 2 aromatic rings. The van der Waals surface area contributed by atoms with Crippen LogP contribution in [-0.2, 0) is 0 Å². The Morgan fingerprint density at radius 1 is 1.04 bits per heavy atom. The van der Waals surface area contributed by atoms with Crippen LogP contribution in [0.1, 0.15) is 19.4 Å². The van der Waals surface area contributed by atoms with Crippen LogP contribution < -0.4 is 20.1 Å². The molecule has 0 fully saturated rings. The standard InChI is InChI=1S/C19H24N2O2S/c1-4-22-18-12-8-6-10-16(18)21-19(24)20-15(3)13-23-17-11-7-5-9-14(17)2/h5-12,15H,4,13H2,1-3H3,(H2,20,21,24)/t15-/m1/s1. The Balaban J connectivity index is 1.85. The summed E-state index contributed by atoms with van der Waals surface area (Å²) in [7, 11) is 0. The van der Waals surface area contributed by atoms with Crippen molar-refractivity contribution in [2.75, 3.05) is 18.5 Å². The molecular formula is C19H24N2O2S. The Bertz CT molecular complexity index is 676. The van der Waals surface area contributed by atoms with Gasteiger partial charge in [0.25, 0.3) is 0 Å². The molecule has 0 amide bonds. The van der Waals surface area contributed by atoms with Crippen molar-refractivity contribution in [1.82, 2.24) is 5.32 Å². The third-order valence-electron chi connectivity index (χ3n) is 3.40. The first-order chi connectivity index (χ1) is 11.6. The maximum Gasteiger partial charge on any atom is 0.171 e. The van der Waals surface area contributed by atoms with E-state index in [0.717, 1.165) is 22.7 Å². The van der Waals surface area contributed by atoms with Crippen LogP contribution in [0.2, 0.25) is 0 Å². The smallest absolute Gasteiger partial charge is 0.171 e. The molecule has 1 atom stereocenters. The number of nitrogens with one attached hydrogen (secondary N) is 2. The van der Waals surface area contributed by atoms with Gasteiger partial charge in [0.2, 0.25) is 0 Å². The largest absolute Gasteiger partial charge is 0.492 e. The number of benzene rings is 2. The third-order valence-corrected chi connectivity index (χ3v) is 3.61. The second-order valence-electron chi connectivity index (χ2n) is 5.51. The topological polar surface area (TPSA) is 42.5 Å². The van der Waals surface area contributed by atoms with Crippen molar-refractivity contribution in [2.24, 2.45) is 0 Å². The molecule has 0 saturated heterocycles. The molecule has 0 radical (unpaired) electrons. The molecule has 0 heterocycles. The predicted octanol–water partition coefficient (Wildman–Crippen LogP) is 4.15. The van der Waals surface area contributed by atoms with Gasteiger partial charge in [0.1, 0.15) is 18.1 Å². The molecule has 0 aliphatic carbocycles. The minimum Gasteiger partial charge on any atom is -0.492 e. The number of rotatable bonds is 7. The van der Waals surface area contributed by atoms with Crippen molar-refractivity contribution in [3.8, 4) is 11.5 Å². The summed E-state index contributed by atoms with van der Waals surface area (Å²) >= 11 is 5.38. The van der Waals surface area contributed by atoms with Gasteiger partial charge in [0.15, 0.2) is 5.11 Å². The van der Waals surface area contributed by atoms with Crippen molar-refractivity contribution in [3.63, 3.8) is 0 Å². The van der Waals surface area contributed by atoms with Gasteiger partial charge in [0.05, 0.1) is 18.3 Å². The molecule has 4 nitrogen and oxygen atoms in total. The summed E-state index contributed by atoms with van der Waals surface area (Å²) < 4.78 is 11.4. The quantitative estimate of drug-likeness (QED) is 0.739. The Labute approximate surface area is 149 Å². The number of thiocarbonyl (C=S) groups is 1. The van der Waals surface area contributed by atoms with E-state index in [2.05, 4.69) is 10.6 Å². The van der Waals surface area contributed by atoms with Crippen LogP contribution in [0.5, 0.6) is 11.5 Å². The zero-order valence-corrected chi connectivity index (χ0v) is 15.2. The van der Waals surface area contributed by atoms with Crippen LogP contribution in [0.25, 0.3) is 0 Å². The summed E-state index contributed by atoms with van der Waals surface area (Å²) in [6.45, 7) is 7.16. The minimum atomic E-state index is 0.0730. The molecule has 0 aliphatic heterocycles. The number of anilines is 1. The molecule has 0 aromatic heterocycles. The van der Waals surface area contributed by atoms with E-state index in [-0.39, 0.29) is 6.04 Å². The highest BCUT2D eigenvalue weighted by Gasteiger charge is 2.09. The first-order valence-corrected chi connectivity index (χ1v) is 8.48. The van der Waals surface area contributed by atoms with Crippen LogP contribution in [0, 0.1) is 6.92 Å². The van der Waals surface area contributed by atoms with Crippen molar-refractivity contribution < 1.29 is 9.47 Å². The van der Waals surface area contributed by atoms with E-state index < -0.39 is 0 Å². The fourth-order valence-electron chi connectivity index (χ4n) is 2.21. The fraction of sp³-hybridized carbons (Fsp3) is 0.316. The van der Waals surface area contributed by atoms with Gasteiger partial charge in [-0.3, -0.25) is 0 Å². The lowest BCUT2D eigenvalue weighted by atomic mass is 10.2. The molecule has 0 saturated carbocycles. The van der Waals surface area contributed by atoms with E-state index >= 15 is 0 Å². The Kier molecular flexibility index (Phi) is 6.88. The van der Waals surface area contributed by atoms with E-state index in [9.17, 15) is 0 Å². The summed E-state index contributed by atoms with van der Waals surface area (Å²) in [5.74, 6) is 1.68. The minimum absolute atomic E-state index is 0.0730. The summed E-state index contributed by atoms with van der Waals surface area (Å²) in [6, 6.07) is 15.8. The van der Waals surface area contributed by atoms with E-state index in [1.807, 2.05) is 69.3 Å². The number of ether oxygens (including phenoxy) is 2. The highest BCUT2D eigenvalue weighted by Crippen LogP contribution is 2.23. The van der Waals surface area contributed by atoms with Crippen LogP contribution in [0.15, 0.2) is 48.5 Å². The number of hydrogen-bond donors (Lipinski definition) is 2. The van der Waals surface area contributed by atoms with Gasteiger partial charge in [0, 0.05) is 0 Å². The molecule has 2 aromatic carbocycles. The lowest BCUT2D eigenvalue weighted by molar-refractivity contribution is 0.285. The van der Waals surface area contributed by atoms with Gasteiger partial charge in [-0.05, 0) is 56.8 Å². The third kappa shape index (κ3) is 5.42. The summed E-state index contributed by atoms with van der Waals surface area (Å²) in [6.07, 6.45) is 0. The first-order valence-electron chi connectivity index (χ1n) is 8.08. The van der Waals surface area contributed by atoms with E-state index in [4.69, 9.17) is 21.7 Å². The van der Waals surface area contributed by atoms with Crippen LogP contribution >= 0.6 is 12.2 Å². The van der Waals surface area contributed by atoms with Crippen molar-refractivity contribution in [2.45, 2.75) is 26.8 Å². The Hall–Kier alpha value is -2.27. The van der Waals surface area contributed by atoms with Gasteiger partial charge in [-0.25, -0.2) is 0 Å². The van der Waals surface area contributed by atoms with Crippen LogP contribution in [0.4, 0.5) is 5.69 Å². The zero-order valence-electron chi connectivity index (χ0n) is 14.3. The molecule has 0 bridgehead atoms. The molecule has 0 spiro atoms. The molecule has 128 valence electrons. The van der Waals surface area contributed by atoms with Gasteiger partial charge in [-0.1, -0.05) is 30.3 Å². The highest BCUT2D eigenvalue weighted by atomic mass is 32.1. The summed E-state index contributed by atoms with van der Waals surface area (Å²) in [4.78, 5) is 0. The van der Waals surface area contributed by atoms with Gasteiger partial charge < -0.3 is 20.1 Å². The lowest BCUT2D eigenvalue weighted by Crippen LogP contribution is -2.39. The zero-order chi connectivity index (χ0) is 17.4. The number of aryl methyl sites for hydroxylation is 1. The molecule has 0 aliphatic rings. The molecule has 2 N–H and O–H groups in total. The fourth-order valence-corrected chi connectivity index (χ4v) is 2.52. The first kappa shape index (κ1) is 18.1. The predicted molar refractivity (Wildman–Crippen MR) is 103 cm³/mol. The van der Waals surface area contributed by atoms with Gasteiger partial charge in [-0.15, -0.1) is 0 Å². The Morgan fingerprint density at radius 2 is 1.71 bits per heavy atom. The monoisotopic (exact) mass is 344 g/mol. The van der Waals surface area contributed by atoms with Crippen LogP contribution in [-0.4, -0.2) is 24.4 Å². The van der Waals surface area contributed by atoms with Crippen molar-refractivity contribution in [1.29, 1.82) is 0 Å². The highest BCUT2D eigenvalue weighted by molar-refractivity contribution is 7.80. The summed E-state index contributed by atoms with van der Waals surface area (Å²) in [5.41, 5.74) is 1.97. The van der Waals surface area contributed by atoms with Crippen molar-refractivity contribution in [3.05, 3.63) is 54.1 Å². The molecule has 5 heteroatoms. The van der Waals surface area contributed by atoms with Crippen molar-refractivity contribution >= 4 is 23.0 Å². The lowest BCUT2D eigenvalue weighted by Gasteiger charge is -2.19. The van der Waals surface area contributed by atoms with Gasteiger partial charge in [-0.2, -0.15) is 0 Å². The Morgan fingerprint density at radius 3 is 2.42 bits per heavy atom. The SMILES string of the molecule is CCOc1ccccc1NC(=S)N[C@H](C)COc1ccccc1C. The average molecular weight is 344 g/mol. The molecule has 0 unspecified atom stereocenters. The van der Waals surface area contributed by atoms with E-state index in [0.29, 0.717) is 18.3 Å². The number of para-hydroxylation sites is 3. The number of hydrogen-bond acceptors (Lipinski definition) is 3. The molecule has 2 rings (SSSR count). The maximum absolute atomic E-state index is 5.84. The van der Waals surface area contributed by atoms with Crippen LogP contribution in [0.3, 0.4) is 0 Å². The van der Waals surface area contributed by atoms with Gasteiger partial charge >= 0.3 is 0 Å². The second kappa shape index (κ2) is 9.13. The average Bonchev–Trinajstić information content (AvgIpc) is 2.56. The second-order valence-corrected chi connectivity index (χ2v) is 5.91. The van der Waals surface area contributed by atoms with E-state index in [1.54, 1.807) is 0 Å². The summed E-state index contributed by atoms with van der Waals surface area (Å²) in [5, 5.41) is 6.95.